The third kappa shape index (κ3) is 3.14. The van der Waals surface area contributed by atoms with Crippen molar-refractivity contribution in [3.63, 3.8) is 0 Å². The molecule has 1 rings (SSSR count). The number of nitrogens with one attached hydrogen (secondary N) is 1. The summed E-state index contributed by atoms with van der Waals surface area (Å²) < 4.78 is 10.9. The molecule has 4 heteroatoms. The van der Waals surface area contributed by atoms with Gasteiger partial charge in [0.1, 0.15) is 0 Å². The highest BCUT2D eigenvalue weighted by Gasteiger charge is 2.40. The van der Waals surface area contributed by atoms with Crippen LogP contribution in [-0.4, -0.2) is 32.0 Å². The van der Waals surface area contributed by atoms with E-state index in [-0.39, 0.29) is 11.6 Å². The molecule has 0 amide bonds. The first-order chi connectivity index (χ1) is 7.14. The van der Waals surface area contributed by atoms with Crippen LogP contribution >= 0.6 is 0 Å². The van der Waals surface area contributed by atoms with Crippen molar-refractivity contribution in [1.82, 2.24) is 5.43 Å². The van der Waals surface area contributed by atoms with Crippen molar-refractivity contribution in [2.75, 3.05) is 20.3 Å². The number of rotatable bonds is 6. The molecule has 90 valence electrons. The van der Waals surface area contributed by atoms with Gasteiger partial charge < -0.3 is 9.47 Å². The van der Waals surface area contributed by atoms with Gasteiger partial charge in [0.05, 0.1) is 11.6 Å². The zero-order chi connectivity index (χ0) is 11.3. The molecule has 0 saturated carbocycles. The average molecular weight is 216 g/mol. The topological polar surface area (TPSA) is 56.5 Å². The first kappa shape index (κ1) is 12.9. The van der Waals surface area contributed by atoms with Crippen LogP contribution in [0.2, 0.25) is 0 Å². The fraction of sp³-hybridized carbons (Fsp3) is 1.00. The van der Waals surface area contributed by atoms with Gasteiger partial charge in [0.25, 0.3) is 0 Å². The first-order valence-corrected chi connectivity index (χ1v) is 5.73. The predicted octanol–water partition coefficient (Wildman–Crippen LogP) is 1.06. The molecular weight excluding hydrogens is 192 g/mol. The zero-order valence-electron chi connectivity index (χ0n) is 10.1. The number of methoxy groups -OCH3 is 1. The summed E-state index contributed by atoms with van der Waals surface area (Å²) in [5, 5.41) is 0. The van der Waals surface area contributed by atoms with Crippen LogP contribution in [0.3, 0.4) is 0 Å². The maximum Gasteiger partial charge on any atom is 0.0823 e. The summed E-state index contributed by atoms with van der Waals surface area (Å²) >= 11 is 0. The summed E-state index contributed by atoms with van der Waals surface area (Å²) in [6, 6.07) is 0.204. The van der Waals surface area contributed by atoms with E-state index in [1.807, 2.05) is 0 Å². The molecule has 0 aromatic rings. The summed E-state index contributed by atoms with van der Waals surface area (Å²) in [5.41, 5.74) is 2.80. The first-order valence-electron chi connectivity index (χ1n) is 5.73. The van der Waals surface area contributed by atoms with Gasteiger partial charge in [0.15, 0.2) is 0 Å². The molecule has 0 aromatic carbocycles. The SMILES string of the molecule is COCCC(C)C(NN)C1(C)CCCO1. The molecule has 0 aromatic heterocycles. The van der Waals surface area contributed by atoms with E-state index in [2.05, 4.69) is 19.3 Å². The molecule has 3 atom stereocenters. The highest BCUT2D eigenvalue weighted by molar-refractivity contribution is 4.94. The van der Waals surface area contributed by atoms with Crippen LogP contribution in [0.25, 0.3) is 0 Å². The summed E-state index contributed by atoms with van der Waals surface area (Å²) in [6.45, 7) is 5.96. The Kier molecular flexibility index (Phi) is 4.99. The van der Waals surface area contributed by atoms with Crippen LogP contribution < -0.4 is 11.3 Å². The van der Waals surface area contributed by atoms with Gasteiger partial charge in [0, 0.05) is 20.3 Å². The van der Waals surface area contributed by atoms with E-state index in [0.717, 1.165) is 32.5 Å². The predicted molar refractivity (Wildman–Crippen MR) is 60.4 cm³/mol. The van der Waals surface area contributed by atoms with E-state index in [4.69, 9.17) is 15.3 Å². The molecule has 3 N–H and O–H groups in total. The van der Waals surface area contributed by atoms with Crippen molar-refractivity contribution in [1.29, 1.82) is 0 Å². The standard InChI is InChI=1S/C11H24N2O2/c1-9(5-8-14-3)10(13-12)11(2)6-4-7-15-11/h9-10,13H,4-8,12H2,1-3H3. The number of hydrazine groups is 1. The van der Waals surface area contributed by atoms with E-state index >= 15 is 0 Å². The molecule has 15 heavy (non-hydrogen) atoms. The van der Waals surface area contributed by atoms with Gasteiger partial charge in [0.2, 0.25) is 0 Å². The van der Waals surface area contributed by atoms with Gasteiger partial charge in [-0.25, -0.2) is 0 Å². The second kappa shape index (κ2) is 5.80. The number of ether oxygens (including phenoxy) is 2. The van der Waals surface area contributed by atoms with Crippen molar-refractivity contribution >= 4 is 0 Å². The monoisotopic (exact) mass is 216 g/mol. The van der Waals surface area contributed by atoms with Crippen LogP contribution in [0.4, 0.5) is 0 Å². The Morgan fingerprint density at radius 3 is 2.80 bits per heavy atom. The second-order valence-electron chi connectivity index (χ2n) is 4.67. The molecular formula is C11H24N2O2. The van der Waals surface area contributed by atoms with Crippen LogP contribution in [0.5, 0.6) is 0 Å². The highest BCUT2D eigenvalue weighted by atomic mass is 16.5. The summed E-state index contributed by atoms with van der Waals surface area (Å²) in [4.78, 5) is 0. The average Bonchev–Trinajstić information content (AvgIpc) is 2.63. The molecule has 0 bridgehead atoms. The minimum atomic E-state index is -0.109. The van der Waals surface area contributed by atoms with E-state index < -0.39 is 0 Å². The van der Waals surface area contributed by atoms with Gasteiger partial charge in [-0.05, 0) is 32.1 Å². The van der Waals surface area contributed by atoms with Crippen LogP contribution in [0, 0.1) is 5.92 Å². The maximum absolute atomic E-state index is 5.81. The number of hydrogen-bond donors (Lipinski definition) is 2. The summed E-state index contributed by atoms with van der Waals surface area (Å²) in [6.07, 6.45) is 3.22. The Morgan fingerprint density at radius 1 is 1.60 bits per heavy atom. The molecule has 0 aliphatic carbocycles. The minimum Gasteiger partial charge on any atom is -0.385 e. The van der Waals surface area contributed by atoms with Crippen molar-refractivity contribution in [3.8, 4) is 0 Å². The molecule has 0 radical (unpaired) electrons. The lowest BCUT2D eigenvalue weighted by atomic mass is 9.83. The maximum atomic E-state index is 5.81. The Labute approximate surface area is 92.5 Å². The van der Waals surface area contributed by atoms with Crippen LogP contribution in [0.15, 0.2) is 0 Å². The van der Waals surface area contributed by atoms with Gasteiger partial charge in [-0.2, -0.15) is 0 Å². The largest absolute Gasteiger partial charge is 0.385 e. The van der Waals surface area contributed by atoms with E-state index in [9.17, 15) is 0 Å². The van der Waals surface area contributed by atoms with Gasteiger partial charge >= 0.3 is 0 Å². The van der Waals surface area contributed by atoms with Gasteiger partial charge in [-0.15, -0.1) is 0 Å². The van der Waals surface area contributed by atoms with Gasteiger partial charge in [-0.3, -0.25) is 11.3 Å². The minimum absolute atomic E-state index is 0.109. The molecule has 1 aliphatic rings. The molecule has 1 fully saturated rings. The molecule has 1 heterocycles. The third-order valence-corrected chi connectivity index (χ3v) is 3.43. The molecule has 4 nitrogen and oxygen atoms in total. The lowest BCUT2D eigenvalue weighted by molar-refractivity contribution is -0.0300. The van der Waals surface area contributed by atoms with Crippen molar-refractivity contribution < 1.29 is 9.47 Å². The quantitative estimate of drug-likeness (QED) is 0.515. The van der Waals surface area contributed by atoms with Crippen molar-refractivity contribution in [3.05, 3.63) is 0 Å². The Morgan fingerprint density at radius 2 is 2.33 bits per heavy atom. The lowest BCUT2D eigenvalue weighted by Crippen LogP contribution is -2.55. The Hall–Kier alpha value is -0.160. The Balaban J connectivity index is 2.53. The normalized spacial score (nSPS) is 30.4. The molecule has 1 saturated heterocycles. The number of hydrogen-bond acceptors (Lipinski definition) is 4. The summed E-state index contributed by atoms with van der Waals surface area (Å²) in [7, 11) is 1.73. The smallest absolute Gasteiger partial charge is 0.0823 e. The van der Waals surface area contributed by atoms with Crippen LogP contribution in [-0.2, 0) is 9.47 Å². The van der Waals surface area contributed by atoms with Crippen molar-refractivity contribution in [2.45, 2.75) is 44.8 Å². The van der Waals surface area contributed by atoms with Gasteiger partial charge in [-0.1, -0.05) is 6.92 Å². The zero-order valence-corrected chi connectivity index (χ0v) is 10.1. The fourth-order valence-corrected chi connectivity index (χ4v) is 2.46. The van der Waals surface area contributed by atoms with E-state index in [0.29, 0.717) is 5.92 Å². The van der Waals surface area contributed by atoms with E-state index in [1.165, 1.54) is 0 Å². The lowest BCUT2D eigenvalue weighted by Gasteiger charge is -2.36. The Bertz CT molecular complexity index is 181. The molecule has 1 aliphatic heterocycles. The van der Waals surface area contributed by atoms with E-state index in [1.54, 1.807) is 7.11 Å². The third-order valence-electron chi connectivity index (χ3n) is 3.43. The molecule has 0 spiro atoms. The highest BCUT2D eigenvalue weighted by Crippen LogP contribution is 2.32. The van der Waals surface area contributed by atoms with Crippen LogP contribution in [0.1, 0.15) is 33.1 Å². The second-order valence-corrected chi connectivity index (χ2v) is 4.67. The van der Waals surface area contributed by atoms with Crippen molar-refractivity contribution in [2.24, 2.45) is 11.8 Å². The number of nitrogens with two attached hydrogens (primary N) is 1. The fourth-order valence-electron chi connectivity index (χ4n) is 2.46. The molecule has 3 unspecified atom stereocenters. The summed E-state index contributed by atoms with van der Waals surface area (Å²) in [5.74, 6) is 6.10.